The van der Waals surface area contributed by atoms with Crippen LogP contribution < -0.4 is 10.1 Å². The molecule has 0 radical (unpaired) electrons. The van der Waals surface area contributed by atoms with E-state index < -0.39 is 17.4 Å². The number of nitrogens with zero attached hydrogens (tertiary/aromatic N) is 1. The zero-order valence-corrected chi connectivity index (χ0v) is 22.2. The van der Waals surface area contributed by atoms with Crippen LogP contribution in [0.15, 0.2) is 36.4 Å². The van der Waals surface area contributed by atoms with Crippen LogP contribution >= 0.6 is 23.2 Å². The van der Waals surface area contributed by atoms with Gasteiger partial charge in [-0.15, -0.1) is 0 Å². The number of ether oxygens (including phenoxy) is 2. The number of rotatable bonds is 9. The molecular weight excluding hydrogens is 503 g/mol. The number of carbonyl (C=O) groups is 2. The third-order valence-electron chi connectivity index (χ3n) is 7.19. The van der Waals surface area contributed by atoms with Gasteiger partial charge in [0.25, 0.3) is 5.91 Å². The fourth-order valence-electron chi connectivity index (χ4n) is 4.63. The average molecular weight is 533 g/mol. The second-order valence-electron chi connectivity index (χ2n) is 9.52. The molecule has 3 aromatic rings. The minimum Gasteiger partial charge on any atom is -0.495 e. The van der Waals surface area contributed by atoms with Crippen molar-refractivity contribution in [3.05, 3.63) is 63.3 Å². The molecule has 1 aliphatic heterocycles. The maximum atomic E-state index is 13.4. The summed E-state index contributed by atoms with van der Waals surface area (Å²) in [6.07, 6.45) is 1.50. The van der Waals surface area contributed by atoms with Gasteiger partial charge in [-0.25, -0.2) is 0 Å². The van der Waals surface area contributed by atoms with Crippen LogP contribution in [0.2, 0.25) is 10.0 Å². The highest BCUT2D eigenvalue weighted by molar-refractivity contribution is 6.46. The van der Waals surface area contributed by atoms with Gasteiger partial charge in [-0.1, -0.05) is 67.7 Å². The number of carboxylic acids is 1. The van der Waals surface area contributed by atoms with E-state index in [9.17, 15) is 14.7 Å². The Labute approximate surface area is 220 Å². The second kappa shape index (κ2) is 10.3. The van der Waals surface area contributed by atoms with Crippen LogP contribution in [0.5, 0.6) is 5.75 Å². The van der Waals surface area contributed by atoms with Gasteiger partial charge < -0.3 is 24.5 Å². The lowest BCUT2D eigenvalue weighted by molar-refractivity contribution is -0.139. The van der Waals surface area contributed by atoms with Gasteiger partial charge in [0.05, 0.1) is 36.8 Å². The van der Waals surface area contributed by atoms with Crippen molar-refractivity contribution in [2.24, 2.45) is 13.0 Å². The van der Waals surface area contributed by atoms with Crippen LogP contribution in [0.3, 0.4) is 0 Å². The topological polar surface area (TPSA) is 89.8 Å². The predicted molar refractivity (Wildman–Crippen MR) is 140 cm³/mol. The lowest BCUT2D eigenvalue weighted by Gasteiger charge is -2.42. The summed E-state index contributed by atoms with van der Waals surface area (Å²) < 4.78 is 12.6. The first-order valence-corrected chi connectivity index (χ1v) is 12.6. The molecule has 1 aromatic heterocycles. The average Bonchev–Trinajstić information content (AvgIpc) is 3.18. The number of aryl methyl sites for hydroxylation is 1. The molecule has 1 aliphatic rings. The smallest absolute Gasteiger partial charge is 0.310 e. The van der Waals surface area contributed by atoms with Crippen molar-refractivity contribution < 1.29 is 24.2 Å². The van der Waals surface area contributed by atoms with E-state index in [-0.39, 0.29) is 5.91 Å². The highest BCUT2D eigenvalue weighted by atomic mass is 35.5. The van der Waals surface area contributed by atoms with Crippen molar-refractivity contribution in [3.8, 4) is 5.75 Å². The number of halogens is 2. The molecule has 0 bridgehead atoms. The largest absolute Gasteiger partial charge is 0.495 e. The first kappa shape index (κ1) is 26.3. The summed E-state index contributed by atoms with van der Waals surface area (Å²) in [7, 11) is 3.29. The molecule has 2 atom stereocenters. The zero-order valence-electron chi connectivity index (χ0n) is 20.7. The van der Waals surface area contributed by atoms with Crippen LogP contribution in [0.1, 0.15) is 54.2 Å². The molecule has 4 rings (SSSR count). The van der Waals surface area contributed by atoms with E-state index in [0.29, 0.717) is 52.4 Å². The Bertz CT molecular complexity index is 1300. The number of aliphatic carboxylic acids is 1. The minimum atomic E-state index is -0.829. The molecular formula is C27H30Cl2N2O5. The van der Waals surface area contributed by atoms with Crippen molar-refractivity contribution >= 4 is 46.0 Å². The molecule has 2 heterocycles. The normalized spacial score (nSPS) is 16.3. The molecule has 1 saturated heterocycles. The summed E-state index contributed by atoms with van der Waals surface area (Å²) in [6.45, 7) is 4.75. The zero-order chi connectivity index (χ0) is 26.2. The maximum Gasteiger partial charge on any atom is 0.310 e. The van der Waals surface area contributed by atoms with Crippen LogP contribution in [0, 0.1) is 5.92 Å². The van der Waals surface area contributed by atoms with Crippen molar-refractivity contribution in [1.82, 2.24) is 9.88 Å². The van der Waals surface area contributed by atoms with Gasteiger partial charge in [0, 0.05) is 18.5 Å². The quantitative estimate of drug-likeness (QED) is 0.366. The summed E-state index contributed by atoms with van der Waals surface area (Å²) in [5, 5.41) is 14.2. The number of hydrogen-bond acceptors (Lipinski definition) is 4. The molecule has 2 unspecified atom stereocenters. The number of benzene rings is 2. The molecule has 1 fully saturated rings. The highest BCUT2D eigenvalue weighted by Gasteiger charge is 2.42. The van der Waals surface area contributed by atoms with E-state index >= 15 is 0 Å². The Morgan fingerprint density at radius 2 is 1.86 bits per heavy atom. The molecule has 9 heteroatoms. The van der Waals surface area contributed by atoms with Gasteiger partial charge in [-0.05, 0) is 29.5 Å². The third-order valence-corrected chi connectivity index (χ3v) is 8.06. The second-order valence-corrected chi connectivity index (χ2v) is 10.3. The summed E-state index contributed by atoms with van der Waals surface area (Å²) in [5.41, 5.74) is 2.04. The minimum absolute atomic E-state index is 0.285. The number of carboxylic acid groups (broad SMARTS) is 1. The van der Waals surface area contributed by atoms with Crippen LogP contribution in [0.4, 0.5) is 0 Å². The number of carbonyl (C=O) groups excluding carboxylic acids is 1. The Morgan fingerprint density at radius 1 is 1.19 bits per heavy atom. The van der Waals surface area contributed by atoms with E-state index in [1.165, 1.54) is 7.11 Å². The van der Waals surface area contributed by atoms with Gasteiger partial charge >= 0.3 is 5.97 Å². The molecule has 0 aliphatic carbocycles. The Balaban J connectivity index is 1.61. The molecule has 7 nitrogen and oxygen atoms in total. The number of methoxy groups -OCH3 is 1. The van der Waals surface area contributed by atoms with Gasteiger partial charge in [-0.2, -0.15) is 0 Å². The summed E-state index contributed by atoms with van der Waals surface area (Å²) >= 11 is 12.8. The SMILES string of the molecule is CCC(C)CC(C(=O)O)c1ccc(C2(NC(=O)c3cc4c(Cl)c(Cl)c(OC)cc4n3C)COC2)cc1. The number of amides is 1. The lowest BCUT2D eigenvalue weighted by Crippen LogP contribution is -2.59. The fourth-order valence-corrected chi connectivity index (χ4v) is 5.11. The Hall–Kier alpha value is -2.74. The monoisotopic (exact) mass is 532 g/mol. The van der Waals surface area contributed by atoms with Crippen molar-refractivity contribution in [2.75, 3.05) is 20.3 Å². The van der Waals surface area contributed by atoms with Gasteiger partial charge in [0.1, 0.15) is 22.0 Å². The number of aromatic nitrogens is 1. The maximum absolute atomic E-state index is 13.4. The van der Waals surface area contributed by atoms with E-state index in [1.54, 1.807) is 23.7 Å². The molecule has 36 heavy (non-hydrogen) atoms. The molecule has 1 amide bonds. The summed E-state index contributed by atoms with van der Waals surface area (Å²) in [4.78, 5) is 25.3. The standard InChI is InChI=1S/C27H30Cl2N2O5/c1-5-15(2)10-18(26(33)34)16-6-8-17(9-7-16)27(13-36-14-27)30-25(32)21-11-19-20(31(21)3)12-22(35-4)24(29)23(19)28/h6-9,11-12,15,18H,5,10,13-14H2,1-4H3,(H,30,32)(H,33,34). The first-order chi connectivity index (χ1) is 17.1. The molecule has 192 valence electrons. The molecule has 2 N–H and O–H groups in total. The van der Waals surface area contributed by atoms with E-state index in [0.717, 1.165) is 23.1 Å². The van der Waals surface area contributed by atoms with Crippen LogP contribution in [-0.2, 0) is 22.1 Å². The van der Waals surface area contributed by atoms with E-state index in [1.807, 2.05) is 24.3 Å². The fraction of sp³-hybridized carbons (Fsp3) is 0.407. The van der Waals surface area contributed by atoms with Crippen LogP contribution in [0.25, 0.3) is 10.9 Å². The van der Waals surface area contributed by atoms with Gasteiger partial charge in [0.15, 0.2) is 0 Å². The van der Waals surface area contributed by atoms with Crippen molar-refractivity contribution in [3.63, 3.8) is 0 Å². The number of hydrogen-bond donors (Lipinski definition) is 2. The summed E-state index contributed by atoms with van der Waals surface area (Å²) in [5.74, 6) is -0.946. The van der Waals surface area contributed by atoms with Crippen molar-refractivity contribution in [2.45, 2.75) is 38.1 Å². The number of nitrogens with one attached hydrogen (secondary N) is 1. The predicted octanol–water partition coefficient (Wildman–Crippen LogP) is 5.75. The Morgan fingerprint density at radius 3 is 2.39 bits per heavy atom. The Kier molecular flexibility index (Phi) is 7.55. The number of fused-ring (bicyclic) bond motifs is 1. The molecule has 2 aromatic carbocycles. The summed E-state index contributed by atoms with van der Waals surface area (Å²) in [6, 6.07) is 10.9. The van der Waals surface area contributed by atoms with E-state index in [2.05, 4.69) is 19.2 Å². The van der Waals surface area contributed by atoms with E-state index in [4.69, 9.17) is 32.7 Å². The van der Waals surface area contributed by atoms with Crippen LogP contribution in [-0.4, -0.2) is 41.9 Å². The van der Waals surface area contributed by atoms with Gasteiger partial charge in [0.2, 0.25) is 0 Å². The van der Waals surface area contributed by atoms with Gasteiger partial charge in [-0.3, -0.25) is 9.59 Å². The highest BCUT2D eigenvalue weighted by Crippen LogP contribution is 2.40. The molecule has 0 spiro atoms. The first-order valence-electron chi connectivity index (χ1n) is 11.9. The third kappa shape index (κ3) is 4.67. The van der Waals surface area contributed by atoms with Crippen molar-refractivity contribution in [1.29, 1.82) is 0 Å². The lowest BCUT2D eigenvalue weighted by atomic mass is 9.84. The molecule has 0 saturated carbocycles.